The van der Waals surface area contributed by atoms with E-state index >= 15 is 0 Å². The highest BCUT2D eigenvalue weighted by Gasteiger charge is 2.58. The highest BCUT2D eigenvalue weighted by molar-refractivity contribution is 7.90. The standard InChI is InChI=1S/C19H26N2O3S/c1-24-15-4-2-3-14(11-15)17-12-21(25(22,23)16-5-6-16)18-13-7-9-20(10-8-13)19(17)18/h2-4,11,13,16-19H,5-10,12H2,1H3/t17-,18-,19-/m0/s1. The van der Waals surface area contributed by atoms with Crippen molar-refractivity contribution in [1.82, 2.24) is 9.21 Å². The Kier molecular flexibility index (Phi) is 3.67. The van der Waals surface area contributed by atoms with Crippen molar-refractivity contribution in [3.05, 3.63) is 29.8 Å². The summed E-state index contributed by atoms with van der Waals surface area (Å²) in [7, 11) is -1.45. The largest absolute Gasteiger partial charge is 0.497 e. The van der Waals surface area contributed by atoms with Crippen molar-refractivity contribution in [2.45, 2.75) is 48.9 Å². The number of fused-ring (bicyclic) bond motifs is 2. The predicted octanol–water partition coefficient (Wildman–Crippen LogP) is 2.05. The highest BCUT2D eigenvalue weighted by atomic mass is 32.2. The Balaban J connectivity index is 1.55. The summed E-state index contributed by atoms with van der Waals surface area (Å²) in [4.78, 5) is 2.55. The number of ether oxygens (including phenoxy) is 1. The molecule has 0 N–H and O–H groups in total. The van der Waals surface area contributed by atoms with E-state index in [0.717, 1.165) is 44.5 Å². The third kappa shape index (κ3) is 2.45. The second-order valence-electron chi connectivity index (χ2n) is 8.05. The molecule has 3 atom stereocenters. The van der Waals surface area contributed by atoms with Crippen molar-refractivity contribution in [3.63, 3.8) is 0 Å². The van der Waals surface area contributed by atoms with E-state index in [-0.39, 0.29) is 17.2 Å². The minimum Gasteiger partial charge on any atom is -0.497 e. The van der Waals surface area contributed by atoms with Crippen LogP contribution < -0.4 is 4.74 Å². The van der Waals surface area contributed by atoms with Crippen LogP contribution in [0, 0.1) is 5.92 Å². The Morgan fingerprint density at radius 2 is 1.84 bits per heavy atom. The van der Waals surface area contributed by atoms with Crippen LogP contribution >= 0.6 is 0 Å². The number of methoxy groups -OCH3 is 1. The lowest BCUT2D eigenvalue weighted by atomic mass is 9.75. The van der Waals surface area contributed by atoms with Crippen molar-refractivity contribution in [1.29, 1.82) is 0 Å². The van der Waals surface area contributed by atoms with Crippen LogP contribution in [-0.4, -0.2) is 61.7 Å². The average molecular weight is 362 g/mol. The molecule has 5 aliphatic rings. The molecule has 0 unspecified atom stereocenters. The third-order valence-electron chi connectivity index (χ3n) is 6.74. The van der Waals surface area contributed by atoms with Crippen LogP contribution in [0.25, 0.3) is 0 Å². The number of hydrogen-bond donors (Lipinski definition) is 0. The summed E-state index contributed by atoms with van der Waals surface area (Å²) in [6.07, 6.45) is 3.97. The normalized spacial score (nSPS) is 37.9. The average Bonchev–Trinajstić information content (AvgIpc) is 3.42. The van der Waals surface area contributed by atoms with Gasteiger partial charge in [0, 0.05) is 24.5 Å². The molecule has 1 aromatic carbocycles. The molecule has 136 valence electrons. The smallest absolute Gasteiger partial charge is 0.217 e. The zero-order chi connectivity index (χ0) is 17.2. The van der Waals surface area contributed by atoms with Gasteiger partial charge in [-0.3, -0.25) is 4.90 Å². The molecule has 2 bridgehead atoms. The van der Waals surface area contributed by atoms with Gasteiger partial charge in [-0.15, -0.1) is 0 Å². The zero-order valence-electron chi connectivity index (χ0n) is 14.7. The van der Waals surface area contributed by atoms with Gasteiger partial charge in [0.15, 0.2) is 0 Å². The van der Waals surface area contributed by atoms with Crippen molar-refractivity contribution in [2.75, 3.05) is 26.7 Å². The number of hydrogen-bond acceptors (Lipinski definition) is 4. The van der Waals surface area contributed by atoms with Gasteiger partial charge in [0.1, 0.15) is 5.75 Å². The third-order valence-corrected chi connectivity index (χ3v) is 9.10. The molecule has 1 aliphatic carbocycles. The van der Waals surface area contributed by atoms with Crippen LogP contribution in [0.2, 0.25) is 0 Å². The lowest BCUT2D eigenvalue weighted by molar-refractivity contribution is 0.0122. The maximum Gasteiger partial charge on any atom is 0.217 e. The fourth-order valence-corrected chi connectivity index (χ4v) is 7.50. The van der Waals surface area contributed by atoms with Crippen molar-refractivity contribution < 1.29 is 13.2 Å². The van der Waals surface area contributed by atoms with E-state index < -0.39 is 10.0 Å². The summed E-state index contributed by atoms with van der Waals surface area (Å²) < 4.78 is 33.5. The maximum absolute atomic E-state index is 13.1. The van der Waals surface area contributed by atoms with E-state index in [1.807, 2.05) is 16.4 Å². The molecule has 5 nitrogen and oxygen atoms in total. The van der Waals surface area contributed by atoms with Gasteiger partial charge in [-0.05, 0) is 62.4 Å². The van der Waals surface area contributed by atoms with Gasteiger partial charge in [0.05, 0.1) is 12.4 Å². The first-order valence-electron chi connectivity index (χ1n) is 9.48. The molecular formula is C19H26N2O3S. The molecule has 4 heterocycles. The molecule has 4 saturated heterocycles. The molecule has 4 aliphatic heterocycles. The Hall–Kier alpha value is -1.11. The Morgan fingerprint density at radius 3 is 2.52 bits per heavy atom. The van der Waals surface area contributed by atoms with Gasteiger partial charge in [-0.1, -0.05) is 12.1 Å². The highest BCUT2D eigenvalue weighted by Crippen LogP contribution is 2.49. The molecule has 6 rings (SSSR count). The fraction of sp³-hybridized carbons (Fsp3) is 0.684. The summed E-state index contributed by atoms with van der Waals surface area (Å²) in [5, 5.41) is -0.118. The molecule has 0 amide bonds. The molecular weight excluding hydrogens is 336 g/mol. The minimum atomic E-state index is -3.14. The van der Waals surface area contributed by atoms with Gasteiger partial charge >= 0.3 is 0 Å². The first-order chi connectivity index (χ1) is 12.1. The van der Waals surface area contributed by atoms with Gasteiger partial charge in [0.25, 0.3) is 0 Å². The second-order valence-corrected chi connectivity index (χ2v) is 10.2. The fourth-order valence-electron chi connectivity index (χ4n) is 5.38. The number of rotatable bonds is 4. The van der Waals surface area contributed by atoms with Gasteiger partial charge < -0.3 is 4.74 Å². The minimum absolute atomic E-state index is 0.118. The summed E-state index contributed by atoms with van der Waals surface area (Å²) in [5.74, 6) is 1.63. The summed E-state index contributed by atoms with van der Waals surface area (Å²) in [6, 6.07) is 8.72. The molecule has 6 heteroatoms. The predicted molar refractivity (Wildman–Crippen MR) is 96.3 cm³/mol. The van der Waals surface area contributed by atoms with Crippen molar-refractivity contribution >= 4 is 10.0 Å². The first kappa shape index (κ1) is 16.1. The first-order valence-corrected chi connectivity index (χ1v) is 11.0. The second kappa shape index (κ2) is 5.69. The molecule has 0 aromatic heterocycles. The number of sulfonamides is 1. The van der Waals surface area contributed by atoms with Gasteiger partial charge in [-0.2, -0.15) is 4.31 Å². The number of nitrogens with zero attached hydrogens (tertiary/aromatic N) is 2. The van der Waals surface area contributed by atoms with Crippen LogP contribution in [0.15, 0.2) is 24.3 Å². The quantitative estimate of drug-likeness (QED) is 0.823. The molecule has 1 aromatic rings. The maximum atomic E-state index is 13.1. The SMILES string of the molecule is COc1cccc([C@@H]2CN(S(=O)(=O)C3CC3)[C@H]3C4CCN(CC4)[C@@H]23)c1. The monoisotopic (exact) mass is 362 g/mol. The Bertz CT molecular complexity index is 769. The van der Waals surface area contributed by atoms with Crippen LogP contribution in [0.4, 0.5) is 0 Å². The van der Waals surface area contributed by atoms with Crippen molar-refractivity contribution in [3.8, 4) is 5.75 Å². The lowest BCUT2D eigenvalue weighted by Gasteiger charge is -2.51. The Morgan fingerprint density at radius 1 is 1.08 bits per heavy atom. The van der Waals surface area contributed by atoms with Crippen molar-refractivity contribution in [2.24, 2.45) is 5.92 Å². The van der Waals surface area contributed by atoms with E-state index in [1.165, 1.54) is 5.56 Å². The molecule has 0 spiro atoms. The molecule has 5 fully saturated rings. The van der Waals surface area contributed by atoms with E-state index in [4.69, 9.17) is 4.74 Å². The Labute approximate surface area is 150 Å². The van der Waals surface area contributed by atoms with Crippen LogP contribution in [-0.2, 0) is 10.0 Å². The number of piperidine rings is 3. The van der Waals surface area contributed by atoms with E-state index in [2.05, 4.69) is 17.0 Å². The van der Waals surface area contributed by atoms with E-state index in [1.54, 1.807) is 7.11 Å². The molecule has 0 radical (unpaired) electrons. The van der Waals surface area contributed by atoms with Crippen LogP contribution in [0.5, 0.6) is 5.75 Å². The topological polar surface area (TPSA) is 49.9 Å². The molecule has 1 saturated carbocycles. The molecule has 25 heavy (non-hydrogen) atoms. The number of benzene rings is 1. The van der Waals surface area contributed by atoms with Gasteiger partial charge in [0.2, 0.25) is 10.0 Å². The lowest BCUT2D eigenvalue weighted by Crippen LogP contribution is -2.60. The summed E-state index contributed by atoms with van der Waals surface area (Å²) in [5.41, 5.74) is 1.22. The zero-order valence-corrected chi connectivity index (χ0v) is 15.5. The van der Waals surface area contributed by atoms with E-state index in [9.17, 15) is 8.42 Å². The summed E-state index contributed by atoms with van der Waals surface area (Å²) >= 11 is 0. The summed E-state index contributed by atoms with van der Waals surface area (Å²) in [6.45, 7) is 2.86. The van der Waals surface area contributed by atoms with E-state index in [0.29, 0.717) is 18.5 Å². The van der Waals surface area contributed by atoms with Crippen LogP contribution in [0.3, 0.4) is 0 Å². The van der Waals surface area contributed by atoms with Crippen LogP contribution in [0.1, 0.15) is 37.2 Å². The van der Waals surface area contributed by atoms with Gasteiger partial charge in [-0.25, -0.2) is 8.42 Å².